The lowest BCUT2D eigenvalue weighted by molar-refractivity contribution is -0.141. The molecule has 0 bridgehead atoms. The van der Waals surface area contributed by atoms with Crippen molar-refractivity contribution in [2.24, 2.45) is 0 Å². The number of amides is 2. The first-order valence-electron chi connectivity index (χ1n) is 12.5. The zero-order valence-electron chi connectivity index (χ0n) is 22.3. The molecule has 2 amide bonds. The van der Waals surface area contributed by atoms with Crippen LogP contribution >= 0.6 is 15.9 Å². The summed E-state index contributed by atoms with van der Waals surface area (Å²) < 4.78 is 32.6. The highest BCUT2D eigenvalue weighted by molar-refractivity contribution is 9.10. The number of methoxy groups -OCH3 is 1. The van der Waals surface area contributed by atoms with Crippen LogP contribution < -0.4 is 14.4 Å². The number of carbonyl (C=O) groups excluding carboxylic acids is 2. The Morgan fingerprint density at radius 1 is 0.974 bits per heavy atom. The fraction of sp³-hybridized carbons (Fsp3) is 0.310. The molecular weight excluding hydrogens is 582 g/mol. The third kappa shape index (κ3) is 8.83. The number of carbonyl (C=O) groups is 2. The molecule has 8 nitrogen and oxygen atoms in total. The van der Waals surface area contributed by atoms with Gasteiger partial charge >= 0.3 is 0 Å². The highest BCUT2D eigenvalue weighted by Crippen LogP contribution is 2.24. The van der Waals surface area contributed by atoms with Gasteiger partial charge in [-0.2, -0.15) is 0 Å². The van der Waals surface area contributed by atoms with Gasteiger partial charge in [0.25, 0.3) is 0 Å². The van der Waals surface area contributed by atoms with Crippen LogP contribution in [0, 0.1) is 0 Å². The summed E-state index contributed by atoms with van der Waals surface area (Å²) in [6, 6.07) is 23.2. The molecule has 0 aromatic heterocycles. The van der Waals surface area contributed by atoms with E-state index in [1.165, 1.54) is 11.4 Å². The molecule has 0 fully saturated rings. The van der Waals surface area contributed by atoms with Crippen LogP contribution in [0.1, 0.15) is 24.0 Å². The smallest absolute Gasteiger partial charge is 0.242 e. The molecule has 39 heavy (non-hydrogen) atoms. The summed E-state index contributed by atoms with van der Waals surface area (Å²) in [5.41, 5.74) is 2.27. The third-order valence-electron chi connectivity index (χ3n) is 6.28. The zero-order valence-corrected chi connectivity index (χ0v) is 24.7. The topological polar surface area (TPSA) is 96.0 Å². The SMILES string of the molecule is CNC(=O)[C@H](Cc1ccccc1)N(Cc1ccc(Br)cc1)C(=O)CCCN(c1cccc(OC)c1)S(C)(=O)=O. The molecule has 0 spiro atoms. The highest BCUT2D eigenvalue weighted by atomic mass is 79.9. The molecule has 0 saturated heterocycles. The summed E-state index contributed by atoms with van der Waals surface area (Å²) in [5.74, 6) is 0.0345. The van der Waals surface area contributed by atoms with Crippen LogP contribution in [0.25, 0.3) is 0 Å². The molecule has 0 radical (unpaired) electrons. The van der Waals surface area contributed by atoms with Crippen molar-refractivity contribution in [1.29, 1.82) is 0 Å². The van der Waals surface area contributed by atoms with Gasteiger partial charge in [-0.1, -0.05) is 64.5 Å². The number of ether oxygens (including phenoxy) is 1. The number of hydrogen-bond acceptors (Lipinski definition) is 5. The monoisotopic (exact) mass is 615 g/mol. The molecule has 3 aromatic rings. The Hall–Kier alpha value is -3.37. The maximum atomic E-state index is 13.7. The van der Waals surface area contributed by atoms with Gasteiger partial charge < -0.3 is 15.0 Å². The summed E-state index contributed by atoms with van der Waals surface area (Å²) in [7, 11) is -0.533. The van der Waals surface area contributed by atoms with Gasteiger partial charge in [-0.15, -0.1) is 0 Å². The second-order valence-electron chi connectivity index (χ2n) is 9.11. The summed E-state index contributed by atoms with van der Waals surface area (Å²) in [6.45, 7) is 0.343. The number of sulfonamides is 1. The van der Waals surface area contributed by atoms with E-state index in [2.05, 4.69) is 21.2 Å². The molecule has 3 rings (SSSR count). The summed E-state index contributed by atoms with van der Waals surface area (Å²) >= 11 is 3.43. The molecule has 0 saturated carbocycles. The van der Waals surface area contributed by atoms with Crippen LogP contribution in [0.5, 0.6) is 5.75 Å². The van der Waals surface area contributed by atoms with E-state index in [0.29, 0.717) is 17.9 Å². The first-order chi connectivity index (χ1) is 18.6. The molecule has 1 atom stereocenters. The van der Waals surface area contributed by atoms with Crippen LogP contribution in [0.4, 0.5) is 5.69 Å². The number of nitrogens with one attached hydrogen (secondary N) is 1. The van der Waals surface area contributed by atoms with Gasteiger partial charge in [-0.25, -0.2) is 8.42 Å². The maximum absolute atomic E-state index is 13.7. The van der Waals surface area contributed by atoms with E-state index >= 15 is 0 Å². The van der Waals surface area contributed by atoms with Crippen molar-refractivity contribution in [3.8, 4) is 5.75 Å². The second-order valence-corrected chi connectivity index (χ2v) is 11.9. The number of nitrogens with zero attached hydrogens (tertiary/aromatic N) is 2. The number of halogens is 1. The van der Waals surface area contributed by atoms with Crippen LogP contribution in [-0.4, -0.2) is 58.1 Å². The number of rotatable bonds is 13. The van der Waals surface area contributed by atoms with E-state index < -0.39 is 16.1 Å². The van der Waals surface area contributed by atoms with E-state index in [4.69, 9.17) is 4.74 Å². The fourth-order valence-corrected chi connectivity index (χ4v) is 5.50. The van der Waals surface area contributed by atoms with Crippen molar-refractivity contribution in [2.75, 3.05) is 31.3 Å². The normalized spacial score (nSPS) is 11.9. The van der Waals surface area contributed by atoms with Gasteiger partial charge in [0.15, 0.2) is 0 Å². The minimum absolute atomic E-state index is 0.0643. The van der Waals surface area contributed by atoms with E-state index in [9.17, 15) is 18.0 Å². The average molecular weight is 617 g/mol. The number of benzene rings is 3. The van der Waals surface area contributed by atoms with Gasteiger partial charge in [-0.3, -0.25) is 13.9 Å². The molecule has 10 heteroatoms. The average Bonchev–Trinajstić information content (AvgIpc) is 2.93. The Bertz CT molecular complexity index is 1350. The Kier molecular flexibility index (Phi) is 10.9. The quantitative estimate of drug-likeness (QED) is 0.308. The first kappa shape index (κ1) is 30.2. The van der Waals surface area contributed by atoms with Gasteiger partial charge in [0.2, 0.25) is 21.8 Å². The molecule has 0 heterocycles. The van der Waals surface area contributed by atoms with Crippen LogP contribution in [0.15, 0.2) is 83.3 Å². The van der Waals surface area contributed by atoms with E-state index in [-0.39, 0.29) is 37.7 Å². The minimum atomic E-state index is -3.60. The van der Waals surface area contributed by atoms with Crippen molar-refractivity contribution in [2.45, 2.75) is 31.8 Å². The molecule has 3 aromatic carbocycles. The number of hydrogen-bond donors (Lipinski definition) is 1. The van der Waals surface area contributed by atoms with Gasteiger partial charge in [0.05, 0.1) is 19.1 Å². The lowest BCUT2D eigenvalue weighted by atomic mass is 10.0. The van der Waals surface area contributed by atoms with Gasteiger partial charge in [0.1, 0.15) is 11.8 Å². The predicted octanol–water partition coefficient (Wildman–Crippen LogP) is 4.39. The van der Waals surface area contributed by atoms with Crippen LogP contribution in [0.3, 0.4) is 0 Å². The second kappa shape index (κ2) is 14.1. The number of anilines is 1. The summed E-state index contributed by atoms with van der Waals surface area (Å²) in [5, 5.41) is 2.70. The van der Waals surface area contributed by atoms with Gasteiger partial charge in [0, 0.05) is 43.5 Å². The van der Waals surface area contributed by atoms with Crippen molar-refractivity contribution < 1.29 is 22.7 Å². The lowest BCUT2D eigenvalue weighted by Crippen LogP contribution is -2.49. The van der Waals surface area contributed by atoms with Crippen molar-refractivity contribution >= 4 is 43.5 Å². The van der Waals surface area contributed by atoms with Crippen LogP contribution in [0.2, 0.25) is 0 Å². The molecule has 0 unspecified atom stereocenters. The van der Waals surface area contributed by atoms with Crippen molar-refractivity contribution in [1.82, 2.24) is 10.2 Å². The van der Waals surface area contributed by atoms with E-state index in [1.54, 1.807) is 36.2 Å². The standard InChI is InChI=1S/C29H34BrN3O5S/c1-31-29(35)27(19-22-9-5-4-6-10-22)32(21-23-14-16-24(30)17-15-23)28(34)13-8-18-33(39(3,36)37)25-11-7-12-26(20-25)38-2/h4-7,9-12,14-17,20,27H,8,13,18-19,21H2,1-3H3,(H,31,35)/t27-/m0/s1. The largest absolute Gasteiger partial charge is 0.497 e. The van der Waals surface area contributed by atoms with Crippen LogP contribution in [-0.2, 0) is 32.6 Å². The fourth-order valence-electron chi connectivity index (χ4n) is 4.28. The predicted molar refractivity (Wildman–Crippen MR) is 157 cm³/mol. The third-order valence-corrected chi connectivity index (χ3v) is 8.00. The molecule has 1 N–H and O–H groups in total. The Balaban J connectivity index is 1.84. The number of likely N-dealkylation sites (N-methyl/N-ethyl adjacent to an activating group) is 1. The molecular formula is C29H34BrN3O5S. The maximum Gasteiger partial charge on any atom is 0.242 e. The molecule has 208 valence electrons. The zero-order chi connectivity index (χ0) is 28.4. The van der Waals surface area contributed by atoms with E-state index in [1.807, 2.05) is 54.6 Å². The summed E-state index contributed by atoms with van der Waals surface area (Å²) in [6.07, 6.45) is 1.82. The molecule has 0 aliphatic carbocycles. The Morgan fingerprint density at radius 2 is 1.67 bits per heavy atom. The minimum Gasteiger partial charge on any atom is -0.497 e. The molecule has 0 aliphatic heterocycles. The van der Waals surface area contributed by atoms with Gasteiger partial charge in [-0.05, 0) is 41.8 Å². The molecule has 0 aliphatic rings. The van der Waals surface area contributed by atoms with Crippen molar-refractivity contribution in [3.05, 3.63) is 94.5 Å². The highest BCUT2D eigenvalue weighted by Gasteiger charge is 2.30. The van der Waals surface area contributed by atoms with Crippen molar-refractivity contribution in [3.63, 3.8) is 0 Å². The Labute approximate surface area is 239 Å². The lowest BCUT2D eigenvalue weighted by Gasteiger charge is -2.31. The summed E-state index contributed by atoms with van der Waals surface area (Å²) in [4.78, 5) is 28.3. The first-order valence-corrected chi connectivity index (χ1v) is 15.2. The van der Waals surface area contributed by atoms with E-state index in [0.717, 1.165) is 21.9 Å². The Morgan fingerprint density at radius 3 is 2.28 bits per heavy atom.